The topological polar surface area (TPSA) is 95.8 Å². The number of hydrogen-bond donors (Lipinski definition) is 2. The summed E-state index contributed by atoms with van der Waals surface area (Å²) >= 11 is 0. The summed E-state index contributed by atoms with van der Waals surface area (Å²) in [6.45, 7) is 3.91. The number of halogens is 3. The molecule has 0 radical (unpaired) electrons. The Balaban J connectivity index is 1.69. The van der Waals surface area contributed by atoms with E-state index in [1.165, 1.54) is 6.33 Å². The lowest BCUT2D eigenvalue weighted by Crippen LogP contribution is -2.39. The summed E-state index contributed by atoms with van der Waals surface area (Å²) in [7, 11) is 0. The second kappa shape index (κ2) is 7.74. The van der Waals surface area contributed by atoms with Crippen molar-refractivity contribution in [2.45, 2.75) is 32.2 Å². The van der Waals surface area contributed by atoms with Crippen LogP contribution in [0.25, 0.3) is 11.0 Å². The van der Waals surface area contributed by atoms with E-state index in [0.717, 1.165) is 11.6 Å². The van der Waals surface area contributed by atoms with Gasteiger partial charge in [-0.05, 0) is 26.0 Å². The van der Waals surface area contributed by atoms with Crippen molar-refractivity contribution >= 4 is 16.9 Å². The molecule has 0 fully saturated rings. The van der Waals surface area contributed by atoms with Gasteiger partial charge in [-0.25, -0.2) is 9.97 Å². The van der Waals surface area contributed by atoms with Crippen LogP contribution in [-0.4, -0.2) is 34.3 Å². The number of nitrogens with one attached hydrogen (secondary N) is 2. The number of nitrogens with zero attached hydrogens (tertiary/aromatic N) is 3. The summed E-state index contributed by atoms with van der Waals surface area (Å²) in [4.78, 5) is 10.4. The van der Waals surface area contributed by atoms with Crippen LogP contribution in [0, 0.1) is 16.7 Å². The van der Waals surface area contributed by atoms with Gasteiger partial charge in [0.1, 0.15) is 41.9 Å². The van der Waals surface area contributed by atoms with Gasteiger partial charge >= 0.3 is 6.18 Å². The highest BCUT2D eigenvalue weighted by molar-refractivity contribution is 5.88. The molecule has 0 aliphatic carbocycles. The van der Waals surface area contributed by atoms with Gasteiger partial charge in [-0.1, -0.05) is 18.2 Å². The summed E-state index contributed by atoms with van der Waals surface area (Å²) < 4.78 is 51.3. The molecule has 1 aliphatic heterocycles. The molecule has 2 N–H and O–H groups in total. The van der Waals surface area contributed by atoms with Crippen molar-refractivity contribution < 1.29 is 22.6 Å². The first-order valence-electron chi connectivity index (χ1n) is 9.60. The van der Waals surface area contributed by atoms with Gasteiger partial charge in [0.2, 0.25) is 0 Å². The van der Waals surface area contributed by atoms with Crippen molar-refractivity contribution in [2.24, 2.45) is 5.41 Å². The number of anilines is 1. The smallest absolute Gasteiger partial charge is 0.431 e. The number of benzene rings is 1. The Morgan fingerprint density at radius 1 is 1.29 bits per heavy atom. The molecule has 2 aromatic heterocycles. The zero-order valence-electron chi connectivity index (χ0n) is 16.8. The van der Waals surface area contributed by atoms with E-state index in [4.69, 9.17) is 9.47 Å². The number of aromatic nitrogens is 3. The number of nitriles is 1. The van der Waals surface area contributed by atoms with E-state index >= 15 is 0 Å². The highest BCUT2D eigenvalue weighted by Crippen LogP contribution is 2.38. The van der Waals surface area contributed by atoms with E-state index < -0.39 is 29.4 Å². The van der Waals surface area contributed by atoms with Crippen LogP contribution in [0.5, 0.6) is 5.75 Å². The Morgan fingerprint density at radius 3 is 2.81 bits per heavy atom. The third kappa shape index (κ3) is 4.27. The highest BCUT2D eigenvalue weighted by atomic mass is 19.4. The van der Waals surface area contributed by atoms with Crippen LogP contribution in [-0.2, 0) is 10.9 Å². The molecule has 31 heavy (non-hydrogen) atoms. The lowest BCUT2D eigenvalue weighted by Gasteiger charge is -2.35. The minimum absolute atomic E-state index is 0.0771. The zero-order chi connectivity index (χ0) is 22.2. The number of fused-ring (bicyclic) bond motifs is 2. The first kappa shape index (κ1) is 20.9. The molecule has 1 aromatic carbocycles. The van der Waals surface area contributed by atoms with Crippen LogP contribution < -0.4 is 10.1 Å². The van der Waals surface area contributed by atoms with E-state index in [9.17, 15) is 18.4 Å². The zero-order valence-corrected chi connectivity index (χ0v) is 16.8. The molecule has 2 atom stereocenters. The van der Waals surface area contributed by atoms with E-state index in [1.54, 1.807) is 13.8 Å². The fourth-order valence-corrected chi connectivity index (χ4v) is 3.35. The summed E-state index contributed by atoms with van der Waals surface area (Å²) in [5.41, 5.74) is -0.742. The van der Waals surface area contributed by atoms with Crippen molar-refractivity contribution in [3.05, 3.63) is 47.9 Å². The summed E-state index contributed by atoms with van der Waals surface area (Å²) in [6.07, 6.45) is -3.83. The second-order valence-electron chi connectivity index (χ2n) is 7.98. The van der Waals surface area contributed by atoms with Gasteiger partial charge in [0.15, 0.2) is 0 Å². The van der Waals surface area contributed by atoms with Crippen molar-refractivity contribution in [2.75, 3.05) is 18.5 Å². The molecule has 0 unspecified atom stereocenters. The average molecular weight is 431 g/mol. The normalized spacial score (nSPS) is 18.8. The van der Waals surface area contributed by atoms with Gasteiger partial charge in [-0.2, -0.15) is 18.4 Å². The molecule has 0 bridgehead atoms. The number of H-pyrrole nitrogens is 1. The molecule has 3 aromatic rings. The second-order valence-corrected chi connectivity index (χ2v) is 7.98. The molecule has 7 nitrogen and oxygen atoms in total. The quantitative estimate of drug-likeness (QED) is 0.619. The predicted molar refractivity (Wildman–Crippen MR) is 106 cm³/mol. The molecule has 0 spiro atoms. The lowest BCUT2D eigenvalue weighted by atomic mass is 9.95. The van der Waals surface area contributed by atoms with E-state index in [0.29, 0.717) is 5.75 Å². The minimum Gasteiger partial charge on any atom is -0.490 e. The maximum absolute atomic E-state index is 13.2. The highest BCUT2D eigenvalue weighted by Gasteiger charge is 2.36. The summed E-state index contributed by atoms with van der Waals surface area (Å²) in [5.74, 6) is 0.890. The Labute approximate surface area is 176 Å². The lowest BCUT2D eigenvalue weighted by molar-refractivity contribution is -0.140. The van der Waals surface area contributed by atoms with Crippen LogP contribution in [0.1, 0.15) is 31.1 Å². The molecule has 1 aliphatic rings. The Hall–Kier alpha value is -3.32. The van der Waals surface area contributed by atoms with Gasteiger partial charge < -0.3 is 19.8 Å². The van der Waals surface area contributed by atoms with Crippen molar-refractivity contribution in [1.82, 2.24) is 15.0 Å². The minimum atomic E-state index is -4.53. The first-order chi connectivity index (χ1) is 14.7. The number of para-hydroxylation sites is 1. The summed E-state index contributed by atoms with van der Waals surface area (Å²) in [6, 6.07) is 10.1. The number of hydrogen-bond acceptors (Lipinski definition) is 6. The molecule has 10 heteroatoms. The maximum atomic E-state index is 13.2. The SMILES string of the molecule is CC(C)(C#N)CO[C@H]1COc2ccccc2[C@@H]1Nc1ncnc2[nH]c(C(F)(F)F)cc12. The van der Waals surface area contributed by atoms with Crippen LogP contribution in [0.4, 0.5) is 19.0 Å². The Bertz CT molecular complexity index is 1140. The molecule has 3 heterocycles. The molecular formula is C21H20F3N5O2. The van der Waals surface area contributed by atoms with Crippen molar-refractivity contribution in [3.8, 4) is 11.8 Å². The third-order valence-corrected chi connectivity index (χ3v) is 5.01. The average Bonchev–Trinajstić information content (AvgIpc) is 3.19. The fraction of sp³-hybridized carbons (Fsp3) is 0.381. The van der Waals surface area contributed by atoms with E-state index in [-0.39, 0.29) is 30.1 Å². The van der Waals surface area contributed by atoms with E-state index in [2.05, 4.69) is 26.3 Å². The van der Waals surface area contributed by atoms with Gasteiger partial charge in [-0.3, -0.25) is 0 Å². The van der Waals surface area contributed by atoms with Crippen molar-refractivity contribution in [1.29, 1.82) is 5.26 Å². The van der Waals surface area contributed by atoms with E-state index in [1.807, 2.05) is 24.3 Å². The standard InChI is InChI=1S/C21H20F3N5O2/c1-20(2,9-25)10-31-15-8-30-14-6-4-3-5-12(14)17(15)29-19-13-7-16(21(22,23)24)28-18(13)26-11-27-19/h3-7,11,15,17H,8,10H2,1-2H3,(H2,26,27,28,29)/t15-,17-/m0/s1. The molecule has 0 saturated heterocycles. The third-order valence-electron chi connectivity index (χ3n) is 5.01. The largest absolute Gasteiger partial charge is 0.490 e. The molecule has 0 amide bonds. The monoisotopic (exact) mass is 431 g/mol. The number of ether oxygens (including phenoxy) is 2. The molecule has 0 saturated carbocycles. The summed E-state index contributed by atoms with van der Waals surface area (Å²) in [5, 5.41) is 12.7. The molecular weight excluding hydrogens is 411 g/mol. The Morgan fingerprint density at radius 2 is 2.06 bits per heavy atom. The number of rotatable bonds is 5. The van der Waals surface area contributed by atoms with Crippen LogP contribution in [0.2, 0.25) is 0 Å². The van der Waals surface area contributed by atoms with Gasteiger partial charge in [0.25, 0.3) is 0 Å². The number of alkyl halides is 3. The van der Waals surface area contributed by atoms with Crippen molar-refractivity contribution in [3.63, 3.8) is 0 Å². The van der Waals surface area contributed by atoms with Crippen LogP contribution in [0.3, 0.4) is 0 Å². The first-order valence-corrected chi connectivity index (χ1v) is 9.60. The van der Waals surface area contributed by atoms with Gasteiger partial charge in [0.05, 0.1) is 29.5 Å². The van der Waals surface area contributed by atoms with Crippen LogP contribution >= 0.6 is 0 Å². The maximum Gasteiger partial charge on any atom is 0.431 e. The van der Waals surface area contributed by atoms with Gasteiger partial charge in [-0.15, -0.1) is 0 Å². The molecule has 4 rings (SSSR count). The Kier molecular flexibility index (Phi) is 5.23. The fourth-order valence-electron chi connectivity index (χ4n) is 3.35. The molecule has 162 valence electrons. The number of aromatic amines is 1. The predicted octanol–water partition coefficient (Wildman–Crippen LogP) is 4.46. The van der Waals surface area contributed by atoms with Crippen LogP contribution in [0.15, 0.2) is 36.7 Å². The van der Waals surface area contributed by atoms with Gasteiger partial charge in [0, 0.05) is 5.56 Å².